The van der Waals surface area contributed by atoms with Gasteiger partial charge in [-0.2, -0.15) is 0 Å². The van der Waals surface area contributed by atoms with Crippen molar-refractivity contribution in [2.45, 2.75) is 13.0 Å². The van der Waals surface area contributed by atoms with Crippen LogP contribution in [0.4, 0.5) is 0 Å². The normalized spacial score (nSPS) is 20.6. The zero-order chi connectivity index (χ0) is 13.2. The van der Waals surface area contributed by atoms with Crippen LogP contribution in [0.3, 0.4) is 0 Å². The molecule has 3 rings (SSSR count). The number of likely N-dealkylation sites (N-methyl/N-ethyl adjacent to an activating group) is 1. The zero-order valence-corrected chi connectivity index (χ0v) is 11.3. The van der Waals surface area contributed by atoms with E-state index in [0.29, 0.717) is 0 Å². The molecule has 0 amide bonds. The predicted octanol–water partition coefficient (Wildman–Crippen LogP) is 1.36. The minimum absolute atomic E-state index is 0.280. The van der Waals surface area contributed by atoms with E-state index in [1.807, 2.05) is 18.3 Å². The van der Waals surface area contributed by atoms with Gasteiger partial charge in [-0.05, 0) is 26.1 Å². The Labute approximate surface area is 113 Å². The number of H-pyrrole nitrogens is 1. The minimum atomic E-state index is 0.280. The lowest BCUT2D eigenvalue weighted by Crippen LogP contribution is -2.44. The molecule has 1 atom stereocenters. The topological polar surface area (TPSA) is 56.8 Å². The van der Waals surface area contributed by atoms with Crippen LogP contribution >= 0.6 is 0 Å². The molecule has 0 spiro atoms. The van der Waals surface area contributed by atoms with Gasteiger partial charge < -0.3 is 15.2 Å². The molecule has 100 valence electrons. The van der Waals surface area contributed by atoms with Gasteiger partial charge in [0.2, 0.25) is 0 Å². The lowest BCUT2D eigenvalue weighted by Gasteiger charge is -2.29. The molecule has 2 aromatic rings. The Hall–Kier alpha value is -1.72. The Bertz CT molecular complexity index is 548. The monoisotopic (exact) mass is 257 g/mol. The van der Waals surface area contributed by atoms with Crippen LogP contribution < -0.4 is 5.32 Å². The number of aromatic nitrogens is 3. The predicted molar refractivity (Wildman–Crippen MR) is 74.8 cm³/mol. The number of nitrogens with zero attached hydrogens (tertiary/aromatic N) is 3. The number of piperazine rings is 1. The van der Waals surface area contributed by atoms with Crippen molar-refractivity contribution < 1.29 is 0 Å². The van der Waals surface area contributed by atoms with Gasteiger partial charge in [0.05, 0.1) is 11.7 Å². The van der Waals surface area contributed by atoms with Crippen molar-refractivity contribution in [1.29, 1.82) is 0 Å². The van der Waals surface area contributed by atoms with Crippen molar-refractivity contribution in [3.05, 3.63) is 36.0 Å². The summed E-state index contributed by atoms with van der Waals surface area (Å²) in [4.78, 5) is 14.6. The number of imidazole rings is 1. The Morgan fingerprint density at radius 1 is 1.42 bits per heavy atom. The lowest BCUT2D eigenvalue weighted by atomic mass is 10.2. The van der Waals surface area contributed by atoms with Crippen molar-refractivity contribution >= 4 is 0 Å². The highest BCUT2D eigenvalue weighted by Gasteiger charge is 2.22. The number of nitrogens with one attached hydrogen (secondary N) is 2. The second-order valence-electron chi connectivity index (χ2n) is 5.11. The Morgan fingerprint density at radius 2 is 2.32 bits per heavy atom. The molecule has 19 heavy (non-hydrogen) atoms. The molecule has 1 fully saturated rings. The average Bonchev–Trinajstić information content (AvgIpc) is 2.82. The van der Waals surface area contributed by atoms with Crippen LogP contribution in [-0.4, -0.2) is 46.5 Å². The maximum absolute atomic E-state index is 4.75. The lowest BCUT2D eigenvalue weighted by molar-refractivity contribution is 0.236. The molecule has 0 bridgehead atoms. The summed E-state index contributed by atoms with van der Waals surface area (Å²) in [7, 11) is 2.14. The summed E-state index contributed by atoms with van der Waals surface area (Å²) < 4.78 is 0. The molecule has 5 nitrogen and oxygen atoms in total. The number of rotatable bonds is 2. The van der Waals surface area contributed by atoms with Gasteiger partial charge in [-0.3, -0.25) is 4.98 Å². The molecule has 2 aromatic heterocycles. The molecule has 0 aliphatic carbocycles. The fourth-order valence-corrected chi connectivity index (χ4v) is 2.51. The Balaban J connectivity index is 1.89. The summed E-state index contributed by atoms with van der Waals surface area (Å²) in [5, 5.41) is 3.51. The summed E-state index contributed by atoms with van der Waals surface area (Å²) in [5.74, 6) is 1.02. The standard InChI is InChI=1S/C14H19N5/c1-10-13(11-4-3-5-15-8-11)18-14(17-10)12-9-19(2)7-6-16-12/h3-5,8,12,16H,6-7,9H2,1-2H3,(H,17,18). The highest BCUT2D eigenvalue weighted by atomic mass is 15.2. The van der Waals surface area contributed by atoms with Gasteiger partial charge in [-0.15, -0.1) is 0 Å². The second kappa shape index (κ2) is 5.11. The molecule has 0 saturated carbocycles. The second-order valence-corrected chi connectivity index (χ2v) is 5.11. The van der Waals surface area contributed by atoms with E-state index < -0.39 is 0 Å². The van der Waals surface area contributed by atoms with Crippen molar-refractivity contribution in [3.63, 3.8) is 0 Å². The number of hydrogen-bond donors (Lipinski definition) is 2. The number of aromatic amines is 1. The molecule has 2 N–H and O–H groups in total. The third-order valence-electron chi connectivity index (χ3n) is 3.55. The molecular weight excluding hydrogens is 238 g/mol. The SMILES string of the molecule is Cc1[nH]c(C2CN(C)CCN2)nc1-c1cccnc1. The van der Waals surface area contributed by atoms with Gasteiger partial charge >= 0.3 is 0 Å². The van der Waals surface area contributed by atoms with Crippen LogP contribution in [0.15, 0.2) is 24.5 Å². The highest BCUT2D eigenvalue weighted by molar-refractivity contribution is 5.60. The van der Waals surface area contributed by atoms with E-state index in [1.54, 1.807) is 6.20 Å². The first-order valence-electron chi connectivity index (χ1n) is 6.63. The van der Waals surface area contributed by atoms with Gasteiger partial charge in [0.1, 0.15) is 5.82 Å². The summed E-state index contributed by atoms with van der Waals surface area (Å²) in [5.41, 5.74) is 3.16. The first kappa shape index (κ1) is 12.3. The maximum Gasteiger partial charge on any atom is 0.125 e. The quantitative estimate of drug-likeness (QED) is 0.853. The number of pyridine rings is 1. The first-order chi connectivity index (χ1) is 9.24. The van der Waals surface area contributed by atoms with Gasteiger partial charge in [-0.1, -0.05) is 0 Å². The van der Waals surface area contributed by atoms with Gasteiger partial charge in [-0.25, -0.2) is 4.98 Å². The molecule has 5 heteroatoms. The average molecular weight is 257 g/mol. The van der Waals surface area contributed by atoms with Crippen LogP contribution in [0.2, 0.25) is 0 Å². The summed E-state index contributed by atoms with van der Waals surface area (Å²) in [6.45, 7) is 5.14. The fourth-order valence-electron chi connectivity index (χ4n) is 2.51. The van der Waals surface area contributed by atoms with E-state index in [0.717, 1.165) is 42.4 Å². The molecule has 0 radical (unpaired) electrons. The third-order valence-corrected chi connectivity index (χ3v) is 3.55. The maximum atomic E-state index is 4.75. The van der Waals surface area contributed by atoms with Crippen LogP contribution in [0.25, 0.3) is 11.3 Å². The van der Waals surface area contributed by atoms with Crippen LogP contribution in [-0.2, 0) is 0 Å². The smallest absolute Gasteiger partial charge is 0.125 e. The summed E-state index contributed by atoms with van der Waals surface area (Å²) in [6, 6.07) is 4.26. The number of aryl methyl sites for hydroxylation is 1. The van der Waals surface area contributed by atoms with Crippen molar-refractivity contribution in [2.75, 3.05) is 26.7 Å². The van der Waals surface area contributed by atoms with E-state index in [2.05, 4.69) is 34.2 Å². The van der Waals surface area contributed by atoms with E-state index in [4.69, 9.17) is 4.98 Å². The molecule has 1 saturated heterocycles. The van der Waals surface area contributed by atoms with Crippen LogP contribution in [0, 0.1) is 6.92 Å². The van der Waals surface area contributed by atoms with Gasteiger partial charge in [0.15, 0.2) is 0 Å². The molecular formula is C14H19N5. The first-order valence-corrected chi connectivity index (χ1v) is 6.63. The molecule has 3 heterocycles. The van der Waals surface area contributed by atoms with Crippen molar-refractivity contribution in [2.24, 2.45) is 0 Å². The van der Waals surface area contributed by atoms with Crippen molar-refractivity contribution in [1.82, 2.24) is 25.2 Å². The zero-order valence-electron chi connectivity index (χ0n) is 11.3. The largest absolute Gasteiger partial charge is 0.344 e. The van der Waals surface area contributed by atoms with Gasteiger partial charge in [0, 0.05) is 43.3 Å². The van der Waals surface area contributed by atoms with Gasteiger partial charge in [0.25, 0.3) is 0 Å². The molecule has 1 aliphatic rings. The van der Waals surface area contributed by atoms with Crippen LogP contribution in [0.5, 0.6) is 0 Å². The summed E-state index contributed by atoms with van der Waals surface area (Å²) in [6.07, 6.45) is 3.64. The molecule has 1 unspecified atom stereocenters. The third kappa shape index (κ3) is 2.52. The van der Waals surface area contributed by atoms with E-state index in [1.165, 1.54) is 0 Å². The molecule has 0 aromatic carbocycles. The minimum Gasteiger partial charge on any atom is -0.344 e. The van der Waals surface area contributed by atoms with Crippen LogP contribution in [0.1, 0.15) is 17.6 Å². The fraction of sp³-hybridized carbons (Fsp3) is 0.429. The Morgan fingerprint density at radius 3 is 3.05 bits per heavy atom. The highest BCUT2D eigenvalue weighted by Crippen LogP contribution is 2.23. The number of hydrogen-bond acceptors (Lipinski definition) is 4. The molecule has 1 aliphatic heterocycles. The van der Waals surface area contributed by atoms with Crippen molar-refractivity contribution in [3.8, 4) is 11.3 Å². The Kier molecular flexibility index (Phi) is 3.31. The van der Waals surface area contributed by atoms with E-state index in [-0.39, 0.29) is 6.04 Å². The van der Waals surface area contributed by atoms with E-state index in [9.17, 15) is 0 Å². The van der Waals surface area contributed by atoms with E-state index >= 15 is 0 Å². The summed E-state index contributed by atoms with van der Waals surface area (Å²) >= 11 is 0.